The first-order chi connectivity index (χ1) is 9.63. The SMILES string of the molecule is CCn1cc(N)cc1C(=O)NCc1cccc(C#N)c1. The van der Waals surface area contributed by atoms with Gasteiger partial charge in [-0.05, 0) is 30.7 Å². The van der Waals surface area contributed by atoms with E-state index in [1.54, 1.807) is 35.0 Å². The maximum atomic E-state index is 12.1. The molecule has 2 rings (SSSR count). The highest BCUT2D eigenvalue weighted by Crippen LogP contribution is 2.11. The van der Waals surface area contributed by atoms with Crippen LogP contribution in [0.15, 0.2) is 36.5 Å². The minimum absolute atomic E-state index is 0.175. The number of anilines is 1. The van der Waals surface area contributed by atoms with Crippen LogP contribution in [0.5, 0.6) is 0 Å². The zero-order chi connectivity index (χ0) is 14.5. The van der Waals surface area contributed by atoms with Gasteiger partial charge in [-0.15, -0.1) is 0 Å². The van der Waals surface area contributed by atoms with Crippen LogP contribution < -0.4 is 11.1 Å². The Bertz CT molecular complexity index is 667. The van der Waals surface area contributed by atoms with Crippen molar-refractivity contribution in [3.05, 3.63) is 53.3 Å². The number of benzene rings is 1. The van der Waals surface area contributed by atoms with E-state index in [0.29, 0.717) is 30.0 Å². The number of aromatic nitrogens is 1. The Morgan fingerprint density at radius 1 is 1.45 bits per heavy atom. The molecule has 3 N–H and O–H groups in total. The Morgan fingerprint density at radius 3 is 2.95 bits per heavy atom. The van der Waals surface area contributed by atoms with Crippen molar-refractivity contribution in [2.75, 3.05) is 5.73 Å². The molecule has 5 nitrogen and oxygen atoms in total. The van der Waals surface area contributed by atoms with Crippen molar-refractivity contribution in [1.82, 2.24) is 9.88 Å². The van der Waals surface area contributed by atoms with Crippen LogP contribution in [0, 0.1) is 11.3 Å². The fraction of sp³-hybridized carbons (Fsp3) is 0.200. The Balaban J connectivity index is 2.06. The lowest BCUT2D eigenvalue weighted by Crippen LogP contribution is -2.25. The van der Waals surface area contributed by atoms with Gasteiger partial charge in [0.05, 0.1) is 17.3 Å². The molecule has 1 aromatic carbocycles. The molecule has 2 aromatic rings. The van der Waals surface area contributed by atoms with Gasteiger partial charge in [0.1, 0.15) is 5.69 Å². The van der Waals surface area contributed by atoms with Crippen molar-refractivity contribution in [2.45, 2.75) is 20.0 Å². The summed E-state index contributed by atoms with van der Waals surface area (Å²) in [5.41, 5.74) is 8.29. The predicted molar refractivity (Wildman–Crippen MR) is 76.8 cm³/mol. The number of hydrogen-bond donors (Lipinski definition) is 2. The number of nitrogen functional groups attached to an aromatic ring is 1. The van der Waals surface area contributed by atoms with Crippen LogP contribution in [0.25, 0.3) is 0 Å². The summed E-state index contributed by atoms with van der Waals surface area (Å²) in [5.74, 6) is -0.175. The second-order valence-electron chi connectivity index (χ2n) is 4.44. The molecule has 0 unspecified atom stereocenters. The monoisotopic (exact) mass is 268 g/mol. The average Bonchev–Trinajstić information content (AvgIpc) is 2.86. The number of nitriles is 1. The summed E-state index contributed by atoms with van der Waals surface area (Å²) in [6, 6.07) is 10.9. The Labute approximate surface area is 117 Å². The van der Waals surface area contributed by atoms with E-state index in [-0.39, 0.29) is 5.91 Å². The molecule has 0 spiro atoms. The molecule has 20 heavy (non-hydrogen) atoms. The van der Waals surface area contributed by atoms with Crippen LogP contribution in [-0.2, 0) is 13.1 Å². The molecule has 0 atom stereocenters. The first kappa shape index (κ1) is 13.7. The number of carbonyl (C=O) groups excluding carboxylic acids is 1. The van der Waals surface area contributed by atoms with Gasteiger partial charge in [0.2, 0.25) is 0 Å². The number of rotatable bonds is 4. The lowest BCUT2D eigenvalue weighted by molar-refractivity contribution is 0.0941. The van der Waals surface area contributed by atoms with Crippen LogP contribution in [0.2, 0.25) is 0 Å². The van der Waals surface area contributed by atoms with Gasteiger partial charge in [-0.3, -0.25) is 4.79 Å². The highest BCUT2D eigenvalue weighted by atomic mass is 16.1. The zero-order valence-corrected chi connectivity index (χ0v) is 11.3. The Morgan fingerprint density at radius 2 is 2.25 bits per heavy atom. The van der Waals surface area contributed by atoms with E-state index in [4.69, 9.17) is 11.0 Å². The standard InChI is InChI=1S/C15H16N4O/c1-2-19-10-13(17)7-14(19)15(20)18-9-12-5-3-4-11(6-12)8-16/h3-7,10H,2,9,17H2,1H3,(H,18,20). The number of carbonyl (C=O) groups is 1. The normalized spacial score (nSPS) is 10.0. The molecule has 1 heterocycles. The summed E-state index contributed by atoms with van der Waals surface area (Å²) >= 11 is 0. The second-order valence-corrected chi connectivity index (χ2v) is 4.44. The molecule has 1 amide bonds. The minimum Gasteiger partial charge on any atom is -0.397 e. The highest BCUT2D eigenvalue weighted by molar-refractivity contribution is 5.93. The molecular formula is C15H16N4O. The Kier molecular flexibility index (Phi) is 4.06. The zero-order valence-electron chi connectivity index (χ0n) is 11.3. The first-order valence-electron chi connectivity index (χ1n) is 6.37. The van der Waals surface area contributed by atoms with Crippen LogP contribution in [0.3, 0.4) is 0 Å². The number of amides is 1. The first-order valence-corrected chi connectivity index (χ1v) is 6.37. The van der Waals surface area contributed by atoms with E-state index in [9.17, 15) is 4.79 Å². The van der Waals surface area contributed by atoms with Crippen LogP contribution in [-0.4, -0.2) is 10.5 Å². The molecule has 102 valence electrons. The molecule has 0 aliphatic carbocycles. The third-order valence-corrected chi connectivity index (χ3v) is 3.00. The van der Waals surface area contributed by atoms with Crippen molar-refractivity contribution in [1.29, 1.82) is 5.26 Å². The van der Waals surface area contributed by atoms with Crippen molar-refractivity contribution < 1.29 is 4.79 Å². The third kappa shape index (κ3) is 2.98. The van der Waals surface area contributed by atoms with Crippen molar-refractivity contribution in [2.24, 2.45) is 0 Å². The summed E-state index contributed by atoms with van der Waals surface area (Å²) in [6.07, 6.45) is 1.74. The van der Waals surface area contributed by atoms with Gasteiger partial charge in [-0.2, -0.15) is 5.26 Å². The molecular weight excluding hydrogens is 252 g/mol. The summed E-state index contributed by atoms with van der Waals surface area (Å²) in [5, 5.41) is 11.7. The number of nitrogens with one attached hydrogen (secondary N) is 1. The number of aryl methyl sites for hydroxylation is 1. The van der Waals surface area contributed by atoms with Gasteiger partial charge in [-0.25, -0.2) is 0 Å². The molecule has 0 saturated carbocycles. The van der Waals surface area contributed by atoms with Crippen LogP contribution in [0.1, 0.15) is 28.5 Å². The number of nitrogens with zero attached hydrogens (tertiary/aromatic N) is 2. The van der Waals surface area contributed by atoms with Crippen molar-refractivity contribution in [3.8, 4) is 6.07 Å². The van der Waals surface area contributed by atoms with Gasteiger partial charge in [0, 0.05) is 19.3 Å². The lowest BCUT2D eigenvalue weighted by atomic mass is 10.1. The highest BCUT2D eigenvalue weighted by Gasteiger charge is 2.11. The van der Waals surface area contributed by atoms with Crippen LogP contribution >= 0.6 is 0 Å². The third-order valence-electron chi connectivity index (χ3n) is 3.00. The van der Waals surface area contributed by atoms with Gasteiger partial charge in [0.25, 0.3) is 5.91 Å². The summed E-state index contributed by atoms with van der Waals surface area (Å²) in [4.78, 5) is 12.1. The molecule has 0 fully saturated rings. The van der Waals surface area contributed by atoms with Crippen molar-refractivity contribution in [3.63, 3.8) is 0 Å². The second kappa shape index (κ2) is 5.93. The Hall–Kier alpha value is -2.74. The topological polar surface area (TPSA) is 83.8 Å². The van der Waals surface area contributed by atoms with Gasteiger partial charge < -0.3 is 15.6 Å². The van der Waals surface area contributed by atoms with Crippen molar-refractivity contribution >= 4 is 11.6 Å². The molecule has 0 radical (unpaired) electrons. The predicted octanol–water partition coefficient (Wildman–Crippen LogP) is 1.89. The van der Waals surface area contributed by atoms with E-state index in [0.717, 1.165) is 5.56 Å². The summed E-state index contributed by atoms with van der Waals surface area (Å²) in [7, 11) is 0. The van der Waals surface area contributed by atoms with E-state index in [1.165, 1.54) is 0 Å². The number of nitrogens with two attached hydrogens (primary N) is 1. The fourth-order valence-electron chi connectivity index (χ4n) is 2.01. The molecule has 0 aliphatic heterocycles. The average molecular weight is 268 g/mol. The van der Waals surface area contributed by atoms with Gasteiger partial charge in [0.15, 0.2) is 0 Å². The summed E-state index contributed by atoms with van der Waals surface area (Å²) in [6.45, 7) is 3.01. The number of hydrogen-bond acceptors (Lipinski definition) is 3. The van der Waals surface area contributed by atoms with E-state index >= 15 is 0 Å². The maximum absolute atomic E-state index is 12.1. The quantitative estimate of drug-likeness (QED) is 0.888. The van der Waals surface area contributed by atoms with E-state index < -0.39 is 0 Å². The molecule has 1 aromatic heterocycles. The smallest absolute Gasteiger partial charge is 0.268 e. The molecule has 0 bridgehead atoms. The molecule has 0 saturated heterocycles. The maximum Gasteiger partial charge on any atom is 0.268 e. The van der Waals surface area contributed by atoms with Crippen LogP contribution in [0.4, 0.5) is 5.69 Å². The van der Waals surface area contributed by atoms with E-state index in [1.807, 2.05) is 13.0 Å². The summed E-state index contributed by atoms with van der Waals surface area (Å²) < 4.78 is 1.80. The van der Waals surface area contributed by atoms with Gasteiger partial charge >= 0.3 is 0 Å². The molecule has 5 heteroatoms. The van der Waals surface area contributed by atoms with Gasteiger partial charge in [-0.1, -0.05) is 12.1 Å². The minimum atomic E-state index is -0.175. The fourth-order valence-corrected chi connectivity index (χ4v) is 2.01. The largest absolute Gasteiger partial charge is 0.397 e. The lowest BCUT2D eigenvalue weighted by Gasteiger charge is -2.08. The molecule has 0 aliphatic rings. The van der Waals surface area contributed by atoms with E-state index in [2.05, 4.69) is 11.4 Å².